The Hall–Kier alpha value is -0.770. The molecule has 1 aromatic rings. The summed E-state index contributed by atoms with van der Waals surface area (Å²) >= 11 is 11.7. The molecule has 0 saturated carbocycles. The molecule has 1 N–H and O–H groups in total. The molecule has 3 nitrogen and oxygen atoms in total. The molecule has 1 saturated heterocycles. The van der Waals surface area contributed by atoms with Gasteiger partial charge in [0.25, 0.3) is 5.91 Å². The molecule has 0 bridgehead atoms. The van der Waals surface area contributed by atoms with Crippen LogP contribution >= 0.6 is 23.2 Å². The summed E-state index contributed by atoms with van der Waals surface area (Å²) in [6.07, 6.45) is 3.20. The highest BCUT2D eigenvalue weighted by Gasteiger charge is 2.15. The number of carbonyl (C=O) groups excluding carboxylic acids is 1. The third kappa shape index (κ3) is 4.68. The first-order chi connectivity index (χ1) is 9.15. The molecule has 104 valence electrons. The van der Waals surface area contributed by atoms with Crippen molar-refractivity contribution in [1.29, 1.82) is 0 Å². The van der Waals surface area contributed by atoms with E-state index in [9.17, 15) is 4.79 Å². The summed E-state index contributed by atoms with van der Waals surface area (Å²) in [4.78, 5) is 11.9. The number of halogens is 2. The van der Waals surface area contributed by atoms with Gasteiger partial charge in [0.15, 0.2) is 0 Å². The molecule has 0 unspecified atom stereocenters. The molecule has 1 amide bonds. The Balaban J connectivity index is 1.74. The summed E-state index contributed by atoms with van der Waals surface area (Å²) in [6, 6.07) is 4.85. The Morgan fingerprint density at radius 2 is 2.05 bits per heavy atom. The molecule has 0 aromatic heterocycles. The number of carbonyl (C=O) groups is 1. The van der Waals surface area contributed by atoms with Crippen LogP contribution in [0.15, 0.2) is 18.2 Å². The van der Waals surface area contributed by atoms with Crippen molar-refractivity contribution in [1.82, 2.24) is 5.32 Å². The van der Waals surface area contributed by atoms with E-state index in [2.05, 4.69) is 5.32 Å². The molecule has 1 aromatic carbocycles. The van der Waals surface area contributed by atoms with Crippen molar-refractivity contribution in [2.45, 2.75) is 19.3 Å². The molecule has 1 fully saturated rings. The molecule has 0 spiro atoms. The molecular weight excluding hydrogens is 285 g/mol. The fourth-order valence-corrected chi connectivity index (χ4v) is 2.72. The highest BCUT2D eigenvalue weighted by Crippen LogP contribution is 2.19. The van der Waals surface area contributed by atoms with Gasteiger partial charge in [0.1, 0.15) is 0 Å². The summed E-state index contributed by atoms with van der Waals surface area (Å²) in [5.41, 5.74) is 0.502. The Morgan fingerprint density at radius 1 is 1.32 bits per heavy atom. The van der Waals surface area contributed by atoms with Crippen LogP contribution in [0.3, 0.4) is 0 Å². The van der Waals surface area contributed by atoms with Crippen LogP contribution in [-0.4, -0.2) is 25.7 Å². The zero-order valence-electron chi connectivity index (χ0n) is 10.6. The van der Waals surface area contributed by atoms with Crippen LogP contribution in [-0.2, 0) is 4.74 Å². The van der Waals surface area contributed by atoms with E-state index in [4.69, 9.17) is 27.9 Å². The average Bonchev–Trinajstić information content (AvgIpc) is 2.86. The van der Waals surface area contributed by atoms with Gasteiger partial charge in [0.05, 0.1) is 0 Å². The number of amides is 1. The van der Waals surface area contributed by atoms with Crippen LogP contribution in [0.1, 0.15) is 29.6 Å². The van der Waals surface area contributed by atoms with Crippen molar-refractivity contribution in [2.75, 3.05) is 19.8 Å². The maximum Gasteiger partial charge on any atom is 0.251 e. The van der Waals surface area contributed by atoms with E-state index >= 15 is 0 Å². The molecule has 19 heavy (non-hydrogen) atoms. The minimum atomic E-state index is -0.132. The molecular formula is C14H17Cl2NO2. The van der Waals surface area contributed by atoms with E-state index in [1.165, 1.54) is 0 Å². The van der Waals surface area contributed by atoms with Crippen molar-refractivity contribution in [2.24, 2.45) is 5.92 Å². The smallest absolute Gasteiger partial charge is 0.251 e. The largest absolute Gasteiger partial charge is 0.381 e. The van der Waals surface area contributed by atoms with Gasteiger partial charge in [-0.15, -0.1) is 0 Å². The Morgan fingerprint density at radius 3 is 2.68 bits per heavy atom. The summed E-state index contributed by atoms with van der Waals surface area (Å²) < 4.78 is 5.31. The predicted octanol–water partition coefficient (Wildman–Crippen LogP) is 3.54. The number of benzene rings is 1. The molecule has 2 rings (SSSR count). The number of hydrogen-bond donors (Lipinski definition) is 1. The summed E-state index contributed by atoms with van der Waals surface area (Å²) in [6.45, 7) is 2.40. The number of hydrogen-bond acceptors (Lipinski definition) is 2. The predicted molar refractivity (Wildman–Crippen MR) is 77.0 cm³/mol. The Bertz CT molecular complexity index is 425. The molecule has 5 heteroatoms. The average molecular weight is 302 g/mol. The number of rotatable bonds is 5. The molecule has 0 radical (unpaired) electrons. The van der Waals surface area contributed by atoms with E-state index in [0.29, 0.717) is 28.1 Å². The second kappa shape index (κ2) is 7.13. The van der Waals surface area contributed by atoms with Gasteiger partial charge in [-0.05, 0) is 43.4 Å². The van der Waals surface area contributed by atoms with Crippen LogP contribution < -0.4 is 5.32 Å². The maximum atomic E-state index is 11.9. The topological polar surface area (TPSA) is 38.3 Å². The zero-order chi connectivity index (χ0) is 13.7. The van der Waals surface area contributed by atoms with Gasteiger partial charge in [-0.2, -0.15) is 0 Å². The van der Waals surface area contributed by atoms with Gasteiger partial charge in [-0.3, -0.25) is 4.79 Å². The zero-order valence-corrected chi connectivity index (χ0v) is 12.1. The Kier molecular flexibility index (Phi) is 5.49. The quantitative estimate of drug-likeness (QED) is 0.845. The summed E-state index contributed by atoms with van der Waals surface area (Å²) in [5.74, 6) is 0.518. The monoisotopic (exact) mass is 301 g/mol. The van der Waals surface area contributed by atoms with Crippen molar-refractivity contribution in [3.8, 4) is 0 Å². The van der Waals surface area contributed by atoms with Gasteiger partial charge < -0.3 is 10.1 Å². The fraction of sp³-hybridized carbons (Fsp3) is 0.500. The lowest BCUT2D eigenvalue weighted by Crippen LogP contribution is -2.24. The van der Waals surface area contributed by atoms with Crippen LogP contribution in [0.25, 0.3) is 0 Å². The van der Waals surface area contributed by atoms with Crippen molar-refractivity contribution >= 4 is 29.1 Å². The second-order valence-electron chi connectivity index (χ2n) is 4.79. The first kappa shape index (κ1) is 14.6. The van der Waals surface area contributed by atoms with E-state index in [0.717, 1.165) is 32.5 Å². The first-order valence-electron chi connectivity index (χ1n) is 6.47. The van der Waals surface area contributed by atoms with E-state index in [-0.39, 0.29) is 5.91 Å². The van der Waals surface area contributed by atoms with Crippen LogP contribution in [0.5, 0.6) is 0 Å². The van der Waals surface area contributed by atoms with Crippen LogP contribution in [0, 0.1) is 5.92 Å². The molecule has 0 aliphatic carbocycles. The standard InChI is InChI=1S/C14H17Cl2NO2/c15-12-6-11(7-13(16)8-12)14(18)17-4-1-2-10-3-5-19-9-10/h6-8,10H,1-5,9H2,(H,17,18)/t10-/m0/s1. The number of ether oxygens (including phenoxy) is 1. The molecule has 1 aliphatic rings. The first-order valence-corrected chi connectivity index (χ1v) is 7.23. The van der Waals surface area contributed by atoms with Crippen LogP contribution in [0.2, 0.25) is 10.0 Å². The normalized spacial score (nSPS) is 18.5. The SMILES string of the molecule is O=C(NCCC[C@H]1CCOC1)c1cc(Cl)cc(Cl)c1. The summed E-state index contributed by atoms with van der Waals surface area (Å²) in [7, 11) is 0. The van der Waals surface area contributed by atoms with Crippen molar-refractivity contribution in [3.63, 3.8) is 0 Å². The van der Waals surface area contributed by atoms with E-state index in [1.807, 2.05) is 0 Å². The lowest BCUT2D eigenvalue weighted by atomic mass is 10.0. The highest BCUT2D eigenvalue weighted by atomic mass is 35.5. The van der Waals surface area contributed by atoms with Gasteiger partial charge in [-0.1, -0.05) is 23.2 Å². The second-order valence-corrected chi connectivity index (χ2v) is 5.66. The van der Waals surface area contributed by atoms with Gasteiger partial charge in [-0.25, -0.2) is 0 Å². The van der Waals surface area contributed by atoms with Gasteiger partial charge in [0.2, 0.25) is 0 Å². The lowest BCUT2D eigenvalue weighted by molar-refractivity contribution is 0.0952. The maximum absolute atomic E-state index is 11.9. The number of nitrogens with one attached hydrogen (secondary N) is 1. The Labute approximate surface area is 123 Å². The van der Waals surface area contributed by atoms with E-state index in [1.54, 1.807) is 18.2 Å². The molecule has 1 heterocycles. The molecule has 1 aliphatic heterocycles. The highest BCUT2D eigenvalue weighted by molar-refractivity contribution is 6.35. The molecule has 1 atom stereocenters. The minimum absolute atomic E-state index is 0.132. The van der Waals surface area contributed by atoms with Crippen LogP contribution in [0.4, 0.5) is 0 Å². The van der Waals surface area contributed by atoms with Gasteiger partial charge >= 0.3 is 0 Å². The van der Waals surface area contributed by atoms with Crippen molar-refractivity contribution < 1.29 is 9.53 Å². The van der Waals surface area contributed by atoms with E-state index < -0.39 is 0 Å². The summed E-state index contributed by atoms with van der Waals surface area (Å²) in [5, 5.41) is 3.83. The third-order valence-electron chi connectivity index (χ3n) is 3.22. The van der Waals surface area contributed by atoms with Gasteiger partial charge in [0, 0.05) is 35.4 Å². The minimum Gasteiger partial charge on any atom is -0.381 e. The lowest BCUT2D eigenvalue weighted by Gasteiger charge is -2.08. The van der Waals surface area contributed by atoms with Crippen molar-refractivity contribution in [3.05, 3.63) is 33.8 Å². The fourth-order valence-electron chi connectivity index (χ4n) is 2.19. The third-order valence-corrected chi connectivity index (χ3v) is 3.66.